The Bertz CT molecular complexity index is 416. The first-order chi connectivity index (χ1) is 8.06. The zero-order valence-corrected chi connectivity index (χ0v) is 11.1. The van der Waals surface area contributed by atoms with E-state index in [1.54, 1.807) is 0 Å². The SMILES string of the molecule is CC1CCCC1NC(=O)c1cc(Cl)nc(Cl)c1. The van der Waals surface area contributed by atoms with E-state index in [1.165, 1.54) is 25.0 Å². The van der Waals surface area contributed by atoms with Gasteiger partial charge in [0, 0.05) is 11.6 Å². The smallest absolute Gasteiger partial charge is 0.251 e. The first-order valence-corrected chi connectivity index (χ1v) is 6.46. The van der Waals surface area contributed by atoms with Gasteiger partial charge in [-0.05, 0) is 30.9 Å². The summed E-state index contributed by atoms with van der Waals surface area (Å²) in [6, 6.07) is 3.32. The van der Waals surface area contributed by atoms with Crippen molar-refractivity contribution < 1.29 is 4.79 Å². The van der Waals surface area contributed by atoms with Crippen molar-refractivity contribution in [3.63, 3.8) is 0 Å². The molecule has 1 aromatic heterocycles. The number of aromatic nitrogens is 1. The number of amides is 1. The van der Waals surface area contributed by atoms with Crippen LogP contribution >= 0.6 is 23.2 Å². The number of rotatable bonds is 2. The number of nitrogens with zero attached hydrogens (tertiary/aromatic N) is 1. The standard InChI is InChI=1S/C12H14Cl2N2O/c1-7-3-2-4-9(7)15-12(17)8-5-10(13)16-11(14)6-8/h5-7,9H,2-4H2,1H3,(H,15,17). The van der Waals surface area contributed by atoms with Gasteiger partial charge in [-0.25, -0.2) is 4.98 Å². The molecule has 0 radical (unpaired) electrons. The lowest BCUT2D eigenvalue weighted by atomic mass is 10.1. The molecule has 0 spiro atoms. The third-order valence-electron chi connectivity index (χ3n) is 3.20. The van der Waals surface area contributed by atoms with E-state index in [1.807, 2.05) is 0 Å². The third kappa shape index (κ3) is 3.11. The molecule has 1 saturated carbocycles. The minimum atomic E-state index is -0.130. The van der Waals surface area contributed by atoms with Crippen LogP contribution in [0.25, 0.3) is 0 Å². The molecule has 2 unspecified atom stereocenters. The van der Waals surface area contributed by atoms with E-state index in [4.69, 9.17) is 23.2 Å². The second kappa shape index (κ2) is 5.23. The molecule has 17 heavy (non-hydrogen) atoms. The van der Waals surface area contributed by atoms with E-state index in [0.717, 1.165) is 6.42 Å². The molecular weight excluding hydrogens is 259 g/mol. The predicted octanol–water partition coefficient (Wildman–Crippen LogP) is 3.31. The zero-order valence-electron chi connectivity index (χ0n) is 9.54. The van der Waals surface area contributed by atoms with Crippen LogP contribution in [-0.2, 0) is 0 Å². The Morgan fingerprint density at radius 1 is 1.35 bits per heavy atom. The number of hydrogen-bond donors (Lipinski definition) is 1. The highest BCUT2D eigenvalue weighted by Crippen LogP contribution is 2.25. The molecule has 5 heteroatoms. The Labute approximate surface area is 111 Å². The fourth-order valence-corrected chi connectivity index (χ4v) is 2.67. The molecule has 1 aromatic rings. The van der Waals surface area contributed by atoms with Crippen LogP contribution in [0, 0.1) is 5.92 Å². The largest absolute Gasteiger partial charge is 0.349 e. The third-order valence-corrected chi connectivity index (χ3v) is 3.59. The summed E-state index contributed by atoms with van der Waals surface area (Å²) in [6.07, 6.45) is 3.38. The number of carbonyl (C=O) groups excluding carboxylic acids is 1. The molecule has 92 valence electrons. The Morgan fingerprint density at radius 2 is 2.00 bits per heavy atom. The molecule has 1 N–H and O–H groups in total. The van der Waals surface area contributed by atoms with E-state index >= 15 is 0 Å². The van der Waals surface area contributed by atoms with Gasteiger partial charge in [0.1, 0.15) is 10.3 Å². The summed E-state index contributed by atoms with van der Waals surface area (Å²) in [4.78, 5) is 15.8. The van der Waals surface area contributed by atoms with Gasteiger partial charge in [0.15, 0.2) is 0 Å². The molecule has 0 aliphatic heterocycles. The highest BCUT2D eigenvalue weighted by molar-refractivity contribution is 6.33. The molecular formula is C12H14Cl2N2O. The molecule has 0 saturated heterocycles. The van der Waals surface area contributed by atoms with Gasteiger partial charge >= 0.3 is 0 Å². The summed E-state index contributed by atoms with van der Waals surface area (Å²) in [5.74, 6) is 0.404. The topological polar surface area (TPSA) is 42.0 Å². The Morgan fingerprint density at radius 3 is 2.53 bits per heavy atom. The lowest BCUT2D eigenvalue weighted by Gasteiger charge is -2.17. The Hall–Kier alpha value is -0.800. The average Bonchev–Trinajstić information content (AvgIpc) is 2.63. The van der Waals surface area contributed by atoms with Crippen LogP contribution in [0.5, 0.6) is 0 Å². The van der Waals surface area contributed by atoms with E-state index < -0.39 is 0 Å². The van der Waals surface area contributed by atoms with Crippen LogP contribution in [-0.4, -0.2) is 16.9 Å². The van der Waals surface area contributed by atoms with Crippen molar-refractivity contribution >= 4 is 29.1 Å². The highest BCUT2D eigenvalue weighted by atomic mass is 35.5. The Kier molecular flexibility index (Phi) is 3.89. The van der Waals surface area contributed by atoms with Gasteiger partial charge in [-0.15, -0.1) is 0 Å². The van der Waals surface area contributed by atoms with E-state index in [0.29, 0.717) is 11.5 Å². The molecule has 2 atom stereocenters. The van der Waals surface area contributed by atoms with Crippen molar-refractivity contribution in [1.29, 1.82) is 0 Å². The maximum absolute atomic E-state index is 12.0. The van der Waals surface area contributed by atoms with E-state index in [-0.39, 0.29) is 22.3 Å². The summed E-state index contributed by atoms with van der Waals surface area (Å²) in [5.41, 5.74) is 0.467. The van der Waals surface area contributed by atoms with Crippen LogP contribution in [0.2, 0.25) is 10.3 Å². The van der Waals surface area contributed by atoms with Crippen LogP contribution in [0.4, 0.5) is 0 Å². The second-order valence-corrected chi connectivity index (χ2v) is 5.26. The molecule has 1 fully saturated rings. The number of nitrogens with one attached hydrogen (secondary N) is 1. The Balaban J connectivity index is 2.09. The summed E-state index contributed by atoms with van der Waals surface area (Å²) in [7, 11) is 0. The van der Waals surface area contributed by atoms with Crippen molar-refractivity contribution in [3.8, 4) is 0 Å². The number of hydrogen-bond acceptors (Lipinski definition) is 2. The van der Waals surface area contributed by atoms with E-state index in [9.17, 15) is 4.79 Å². The van der Waals surface area contributed by atoms with Gasteiger partial charge in [-0.3, -0.25) is 4.79 Å². The van der Waals surface area contributed by atoms with Gasteiger partial charge in [-0.1, -0.05) is 36.5 Å². The summed E-state index contributed by atoms with van der Waals surface area (Å²) < 4.78 is 0. The minimum Gasteiger partial charge on any atom is -0.349 e. The molecule has 0 aromatic carbocycles. The number of carbonyl (C=O) groups is 1. The monoisotopic (exact) mass is 272 g/mol. The summed E-state index contributed by atoms with van der Waals surface area (Å²) >= 11 is 11.5. The summed E-state index contributed by atoms with van der Waals surface area (Å²) in [5, 5.41) is 3.49. The lowest BCUT2D eigenvalue weighted by Crippen LogP contribution is -2.36. The molecule has 1 aliphatic rings. The van der Waals surface area contributed by atoms with Crippen LogP contribution in [0.3, 0.4) is 0 Å². The molecule has 2 rings (SSSR count). The summed E-state index contributed by atoms with van der Waals surface area (Å²) in [6.45, 7) is 2.16. The molecule has 1 amide bonds. The minimum absolute atomic E-state index is 0.130. The predicted molar refractivity (Wildman–Crippen MR) is 68.5 cm³/mol. The van der Waals surface area contributed by atoms with Crippen molar-refractivity contribution in [2.45, 2.75) is 32.2 Å². The maximum Gasteiger partial charge on any atom is 0.251 e. The van der Waals surface area contributed by atoms with Crippen LogP contribution in [0.15, 0.2) is 12.1 Å². The van der Waals surface area contributed by atoms with Crippen molar-refractivity contribution in [2.24, 2.45) is 5.92 Å². The molecule has 1 heterocycles. The van der Waals surface area contributed by atoms with Gasteiger partial charge < -0.3 is 5.32 Å². The highest BCUT2D eigenvalue weighted by Gasteiger charge is 2.25. The zero-order chi connectivity index (χ0) is 12.4. The second-order valence-electron chi connectivity index (χ2n) is 4.49. The average molecular weight is 273 g/mol. The molecule has 3 nitrogen and oxygen atoms in total. The fourth-order valence-electron chi connectivity index (χ4n) is 2.21. The fraction of sp³-hybridized carbons (Fsp3) is 0.500. The van der Waals surface area contributed by atoms with Gasteiger partial charge in [0.2, 0.25) is 0 Å². The first kappa shape index (κ1) is 12.7. The lowest BCUT2D eigenvalue weighted by molar-refractivity contribution is 0.0929. The van der Waals surface area contributed by atoms with Crippen LogP contribution < -0.4 is 5.32 Å². The van der Waals surface area contributed by atoms with Crippen molar-refractivity contribution in [2.75, 3.05) is 0 Å². The quantitative estimate of drug-likeness (QED) is 0.840. The normalized spacial score (nSPS) is 23.7. The van der Waals surface area contributed by atoms with Gasteiger partial charge in [-0.2, -0.15) is 0 Å². The van der Waals surface area contributed by atoms with Gasteiger partial charge in [0.05, 0.1) is 0 Å². The number of pyridine rings is 1. The first-order valence-electron chi connectivity index (χ1n) is 5.70. The maximum atomic E-state index is 12.0. The number of halogens is 2. The molecule has 0 bridgehead atoms. The van der Waals surface area contributed by atoms with Crippen molar-refractivity contribution in [3.05, 3.63) is 28.0 Å². The van der Waals surface area contributed by atoms with Crippen LogP contribution in [0.1, 0.15) is 36.5 Å². The van der Waals surface area contributed by atoms with Crippen molar-refractivity contribution in [1.82, 2.24) is 10.3 Å². The van der Waals surface area contributed by atoms with E-state index in [2.05, 4.69) is 17.2 Å². The molecule has 1 aliphatic carbocycles. The van der Waals surface area contributed by atoms with Gasteiger partial charge in [0.25, 0.3) is 5.91 Å².